The lowest BCUT2D eigenvalue weighted by molar-refractivity contribution is 0.0459. The Morgan fingerprint density at radius 2 is 2.21 bits per heavy atom. The van der Waals surface area contributed by atoms with E-state index >= 15 is 0 Å². The van der Waals surface area contributed by atoms with E-state index in [1.165, 1.54) is 21.9 Å². The Bertz CT molecular complexity index is 1120. The normalized spacial score (nSPS) is 16.2. The van der Waals surface area contributed by atoms with Crippen LogP contribution in [0.3, 0.4) is 0 Å². The van der Waals surface area contributed by atoms with Crippen LogP contribution < -0.4 is 4.31 Å². The smallest absolute Gasteiger partial charge is 0.338 e. The van der Waals surface area contributed by atoms with Gasteiger partial charge in [-0.25, -0.2) is 13.2 Å². The molecule has 0 N–H and O–H groups in total. The molecule has 1 aliphatic rings. The molecule has 3 aromatic rings. The summed E-state index contributed by atoms with van der Waals surface area (Å²) in [5.74, 6) is 0.124. The number of rotatable bonds is 5. The standard InChI is InChI=1S/C18H17N3O5S2/c1-11-8-13-9-12(5-6-14(13)21(11)28(2,23)24)18(22)25-10-16-19-17(26-20-16)15-4-3-7-27-15/h3-7,9,11H,8,10H2,1-2H3. The van der Waals surface area contributed by atoms with Crippen LogP contribution in [0.15, 0.2) is 40.2 Å². The van der Waals surface area contributed by atoms with Crippen LogP contribution in [0.2, 0.25) is 0 Å². The molecule has 0 bridgehead atoms. The van der Waals surface area contributed by atoms with Crippen LogP contribution in [0.1, 0.15) is 28.7 Å². The van der Waals surface area contributed by atoms with Gasteiger partial charge in [-0.2, -0.15) is 4.98 Å². The summed E-state index contributed by atoms with van der Waals surface area (Å²) in [6, 6.07) is 8.42. The second kappa shape index (κ2) is 7.02. The second-order valence-electron chi connectivity index (χ2n) is 6.52. The molecule has 0 saturated carbocycles. The number of thiophene rings is 1. The summed E-state index contributed by atoms with van der Waals surface area (Å²) in [4.78, 5) is 17.4. The van der Waals surface area contributed by atoms with Gasteiger partial charge in [0.2, 0.25) is 15.8 Å². The number of benzene rings is 1. The summed E-state index contributed by atoms with van der Waals surface area (Å²) >= 11 is 1.47. The van der Waals surface area contributed by atoms with Gasteiger partial charge in [0.1, 0.15) is 0 Å². The van der Waals surface area contributed by atoms with E-state index in [0.29, 0.717) is 23.6 Å². The van der Waals surface area contributed by atoms with Crippen LogP contribution in [0.5, 0.6) is 0 Å². The highest BCUT2D eigenvalue weighted by molar-refractivity contribution is 7.92. The van der Waals surface area contributed by atoms with Crippen molar-refractivity contribution >= 4 is 33.0 Å². The molecule has 0 spiro atoms. The molecule has 0 fully saturated rings. The van der Waals surface area contributed by atoms with Crippen LogP contribution in [-0.4, -0.2) is 36.8 Å². The average molecular weight is 419 g/mol. The minimum absolute atomic E-state index is 0.114. The number of carbonyl (C=O) groups excluding carboxylic acids is 1. The molecule has 2 aromatic heterocycles. The number of carbonyl (C=O) groups is 1. The summed E-state index contributed by atoms with van der Waals surface area (Å²) in [6.45, 7) is 1.72. The molecule has 1 atom stereocenters. The van der Waals surface area contributed by atoms with Crippen molar-refractivity contribution < 1.29 is 22.5 Å². The van der Waals surface area contributed by atoms with Crippen molar-refractivity contribution in [1.82, 2.24) is 10.1 Å². The molecule has 8 nitrogen and oxygen atoms in total. The lowest BCUT2D eigenvalue weighted by atomic mass is 10.1. The lowest BCUT2D eigenvalue weighted by Gasteiger charge is -2.21. The maximum absolute atomic E-state index is 12.4. The highest BCUT2D eigenvalue weighted by Gasteiger charge is 2.32. The monoisotopic (exact) mass is 419 g/mol. The summed E-state index contributed by atoms with van der Waals surface area (Å²) in [5, 5.41) is 5.71. The fourth-order valence-corrected chi connectivity index (χ4v) is 5.17. The van der Waals surface area contributed by atoms with Gasteiger partial charge in [-0.1, -0.05) is 11.2 Å². The SMILES string of the molecule is CC1Cc2cc(C(=O)OCc3noc(-c4cccs4)n3)ccc2N1S(C)(=O)=O. The van der Waals surface area contributed by atoms with E-state index in [0.717, 1.165) is 10.4 Å². The van der Waals surface area contributed by atoms with Crippen molar-refractivity contribution in [3.05, 3.63) is 52.7 Å². The maximum Gasteiger partial charge on any atom is 0.338 e. The summed E-state index contributed by atoms with van der Waals surface area (Å²) in [7, 11) is -3.37. The summed E-state index contributed by atoms with van der Waals surface area (Å²) in [6.07, 6.45) is 1.72. The van der Waals surface area contributed by atoms with Gasteiger partial charge in [0.15, 0.2) is 6.61 Å². The van der Waals surface area contributed by atoms with Crippen molar-refractivity contribution in [2.45, 2.75) is 26.0 Å². The number of esters is 1. The number of anilines is 1. The maximum atomic E-state index is 12.4. The quantitative estimate of drug-likeness (QED) is 0.586. The number of fused-ring (bicyclic) bond motifs is 1. The minimum atomic E-state index is -3.37. The van der Waals surface area contributed by atoms with Crippen molar-refractivity contribution in [3.63, 3.8) is 0 Å². The van der Waals surface area contributed by atoms with E-state index < -0.39 is 16.0 Å². The Balaban J connectivity index is 1.46. The molecular formula is C18H17N3O5S2. The number of nitrogens with zero attached hydrogens (tertiary/aromatic N) is 3. The lowest BCUT2D eigenvalue weighted by Crippen LogP contribution is -2.34. The minimum Gasteiger partial charge on any atom is -0.454 e. The third-order valence-electron chi connectivity index (χ3n) is 4.36. The van der Waals surface area contributed by atoms with Crippen molar-refractivity contribution in [2.24, 2.45) is 0 Å². The molecule has 1 aromatic carbocycles. The molecule has 146 valence electrons. The molecule has 0 radical (unpaired) electrons. The predicted octanol–water partition coefficient (Wildman–Crippen LogP) is 2.87. The van der Waals surface area contributed by atoms with E-state index in [1.54, 1.807) is 18.2 Å². The van der Waals surface area contributed by atoms with Crippen LogP contribution in [0.25, 0.3) is 10.8 Å². The van der Waals surface area contributed by atoms with Crippen molar-refractivity contribution in [1.29, 1.82) is 0 Å². The Kier molecular flexibility index (Phi) is 4.68. The zero-order chi connectivity index (χ0) is 19.9. The first-order valence-corrected chi connectivity index (χ1v) is 11.2. The number of aromatic nitrogens is 2. The van der Waals surface area contributed by atoms with Gasteiger partial charge in [0.05, 0.1) is 22.4 Å². The molecule has 1 unspecified atom stereocenters. The van der Waals surface area contributed by atoms with Gasteiger partial charge in [-0.05, 0) is 48.6 Å². The van der Waals surface area contributed by atoms with E-state index in [2.05, 4.69) is 10.1 Å². The Morgan fingerprint density at radius 1 is 1.39 bits per heavy atom. The Morgan fingerprint density at radius 3 is 2.93 bits per heavy atom. The second-order valence-corrected chi connectivity index (χ2v) is 9.33. The third-order valence-corrected chi connectivity index (χ3v) is 6.49. The number of hydrogen-bond donors (Lipinski definition) is 0. The molecule has 0 amide bonds. The summed E-state index contributed by atoms with van der Waals surface area (Å²) in [5.41, 5.74) is 1.75. The Labute approximate surface area is 165 Å². The molecule has 10 heteroatoms. The number of hydrogen-bond acceptors (Lipinski definition) is 8. The first-order chi connectivity index (χ1) is 13.3. The van der Waals surface area contributed by atoms with E-state index in [-0.39, 0.29) is 18.5 Å². The summed E-state index contributed by atoms with van der Waals surface area (Å²) < 4.78 is 35.8. The van der Waals surface area contributed by atoms with Gasteiger partial charge < -0.3 is 9.26 Å². The highest BCUT2D eigenvalue weighted by Crippen LogP contribution is 2.34. The highest BCUT2D eigenvalue weighted by atomic mass is 32.2. The van der Waals surface area contributed by atoms with Gasteiger partial charge in [0.25, 0.3) is 5.89 Å². The topological polar surface area (TPSA) is 103 Å². The zero-order valence-corrected chi connectivity index (χ0v) is 16.8. The molecule has 4 rings (SSSR count). The van der Waals surface area contributed by atoms with Crippen LogP contribution in [-0.2, 0) is 27.8 Å². The van der Waals surface area contributed by atoms with Gasteiger partial charge in [-0.3, -0.25) is 4.31 Å². The molecule has 0 aliphatic carbocycles. The zero-order valence-electron chi connectivity index (χ0n) is 15.2. The van der Waals surface area contributed by atoms with Gasteiger partial charge in [-0.15, -0.1) is 11.3 Å². The Hall–Kier alpha value is -2.72. The van der Waals surface area contributed by atoms with Crippen LogP contribution >= 0.6 is 11.3 Å². The fraction of sp³-hybridized carbons (Fsp3) is 0.278. The predicted molar refractivity (Wildman–Crippen MR) is 104 cm³/mol. The van der Waals surface area contributed by atoms with Gasteiger partial charge in [0, 0.05) is 6.04 Å². The van der Waals surface area contributed by atoms with E-state index in [4.69, 9.17) is 9.26 Å². The largest absolute Gasteiger partial charge is 0.454 e. The molecule has 1 aliphatic heterocycles. The van der Waals surface area contributed by atoms with E-state index in [9.17, 15) is 13.2 Å². The van der Waals surface area contributed by atoms with Crippen LogP contribution in [0.4, 0.5) is 5.69 Å². The molecule has 0 saturated heterocycles. The van der Waals surface area contributed by atoms with E-state index in [1.807, 2.05) is 24.4 Å². The first-order valence-electron chi connectivity index (χ1n) is 8.49. The number of sulfonamides is 1. The first kappa shape index (κ1) is 18.6. The van der Waals surface area contributed by atoms with Gasteiger partial charge >= 0.3 is 5.97 Å². The number of ether oxygens (including phenoxy) is 1. The van der Waals surface area contributed by atoms with Crippen molar-refractivity contribution in [2.75, 3.05) is 10.6 Å². The van der Waals surface area contributed by atoms with Crippen LogP contribution in [0, 0.1) is 0 Å². The molecule has 28 heavy (non-hydrogen) atoms. The molecule has 3 heterocycles. The average Bonchev–Trinajstić information content (AvgIpc) is 3.36. The fourth-order valence-electron chi connectivity index (χ4n) is 3.26. The van der Waals surface area contributed by atoms with Crippen molar-refractivity contribution in [3.8, 4) is 10.8 Å². The third kappa shape index (κ3) is 3.52. The molecular weight excluding hydrogens is 402 g/mol.